The molecule has 0 saturated carbocycles. The van der Waals surface area contributed by atoms with Gasteiger partial charge in [-0.1, -0.05) is 0 Å². The second kappa shape index (κ2) is 7.31. The highest BCUT2D eigenvalue weighted by Gasteiger charge is 2.15. The van der Waals surface area contributed by atoms with Crippen molar-refractivity contribution in [1.82, 2.24) is 20.2 Å². The fourth-order valence-electron chi connectivity index (χ4n) is 1.80. The molecular formula is C14H27N5O2. The summed E-state index contributed by atoms with van der Waals surface area (Å²) >= 11 is 0. The molecule has 7 heteroatoms. The Morgan fingerprint density at radius 3 is 2.57 bits per heavy atom. The molecule has 0 fully saturated rings. The Morgan fingerprint density at radius 1 is 1.38 bits per heavy atom. The molecule has 21 heavy (non-hydrogen) atoms. The van der Waals surface area contributed by atoms with Crippen LogP contribution in [0.15, 0.2) is 6.20 Å². The molecule has 1 rings (SSSR count). The molecular weight excluding hydrogens is 270 g/mol. The van der Waals surface area contributed by atoms with Crippen LogP contribution in [0.25, 0.3) is 0 Å². The van der Waals surface area contributed by atoms with Gasteiger partial charge in [-0.25, -0.2) is 9.78 Å². The van der Waals surface area contributed by atoms with Crippen molar-refractivity contribution in [3.63, 3.8) is 0 Å². The summed E-state index contributed by atoms with van der Waals surface area (Å²) in [5, 5.41) is 5.97. The fourth-order valence-corrected chi connectivity index (χ4v) is 1.80. The van der Waals surface area contributed by atoms with Crippen molar-refractivity contribution in [2.24, 2.45) is 7.05 Å². The van der Waals surface area contributed by atoms with E-state index in [4.69, 9.17) is 4.74 Å². The Balaban J connectivity index is 2.25. The van der Waals surface area contributed by atoms with Crippen molar-refractivity contribution in [2.75, 3.05) is 32.1 Å². The smallest absolute Gasteiger partial charge is 0.407 e. The lowest BCUT2D eigenvalue weighted by atomic mass is 10.2. The van der Waals surface area contributed by atoms with Crippen LogP contribution >= 0.6 is 0 Å². The van der Waals surface area contributed by atoms with Gasteiger partial charge in [-0.3, -0.25) is 0 Å². The van der Waals surface area contributed by atoms with Gasteiger partial charge in [0.2, 0.25) is 5.95 Å². The molecule has 0 radical (unpaired) electrons. The molecule has 1 aromatic heterocycles. The van der Waals surface area contributed by atoms with Gasteiger partial charge >= 0.3 is 6.09 Å². The van der Waals surface area contributed by atoms with Crippen LogP contribution in [0.4, 0.5) is 10.7 Å². The predicted molar refractivity (Wildman–Crippen MR) is 83.5 cm³/mol. The number of carbonyl (C=O) groups excluding carboxylic acids is 1. The summed E-state index contributed by atoms with van der Waals surface area (Å²) in [5.74, 6) is 0.915. The van der Waals surface area contributed by atoms with Gasteiger partial charge in [-0.15, -0.1) is 0 Å². The largest absolute Gasteiger partial charge is 0.444 e. The molecule has 0 bridgehead atoms. The minimum Gasteiger partial charge on any atom is -0.444 e. The zero-order valence-corrected chi connectivity index (χ0v) is 13.9. The summed E-state index contributed by atoms with van der Waals surface area (Å²) in [7, 11) is 5.91. The average Bonchev–Trinajstić information content (AvgIpc) is 2.68. The maximum absolute atomic E-state index is 11.4. The number of hydrogen-bond donors (Lipinski definition) is 2. The highest BCUT2D eigenvalue weighted by Crippen LogP contribution is 2.10. The second-order valence-corrected chi connectivity index (χ2v) is 6.11. The van der Waals surface area contributed by atoms with Crippen LogP contribution in [0.3, 0.4) is 0 Å². The number of alkyl carbamates (subject to hydrolysis) is 1. The average molecular weight is 297 g/mol. The molecule has 1 heterocycles. The SMILES string of the molecule is CN(C)c1ncc(CNCCNC(=O)OC(C)(C)C)n1C. The zero-order chi connectivity index (χ0) is 16.0. The molecule has 0 aliphatic rings. The van der Waals surface area contributed by atoms with Crippen molar-refractivity contribution in [1.29, 1.82) is 0 Å². The minimum atomic E-state index is -0.463. The van der Waals surface area contributed by atoms with Crippen molar-refractivity contribution < 1.29 is 9.53 Å². The molecule has 1 amide bonds. The van der Waals surface area contributed by atoms with Gasteiger partial charge in [0.15, 0.2) is 0 Å². The molecule has 120 valence electrons. The van der Waals surface area contributed by atoms with Gasteiger partial charge in [0.25, 0.3) is 0 Å². The van der Waals surface area contributed by atoms with Crippen LogP contribution in [0.2, 0.25) is 0 Å². The minimum absolute atomic E-state index is 0.389. The Hall–Kier alpha value is -1.76. The first-order valence-electron chi connectivity index (χ1n) is 7.06. The first-order chi connectivity index (χ1) is 9.70. The monoisotopic (exact) mass is 297 g/mol. The number of imidazole rings is 1. The number of nitrogens with zero attached hydrogens (tertiary/aromatic N) is 3. The summed E-state index contributed by atoms with van der Waals surface area (Å²) in [5.41, 5.74) is 0.630. The third-order valence-electron chi connectivity index (χ3n) is 2.74. The molecule has 1 aromatic rings. The Labute approximate surface area is 126 Å². The lowest BCUT2D eigenvalue weighted by Gasteiger charge is -2.19. The lowest BCUT2D eigenvalue weighted by molar-refractivity contribution is 0.0528. The maximum atomic E-state index is 11.4. The number of anilines is 1. The van der Waals surface area contributed by atoms with Gasteiger partial charge in [0.1, 0.15) is 5.60 Å². The Bertz CT molecular complexity index is 462. The van der Waals surface area contributed by atoms with Crippen molar-refractivity contribution in [3.8, 4) is 0 Å². The number of hydrogen-bond acceptors (Lipinski definition) is 5. The first kappa shape index (κ1) is 17.3. The molecule has 0 aliphatic carbocycles. The van der Waals surface area contributed by atoms with Crippen LogP contribution in [0, 0.1) is 0 Å². The normalized spacial score (nSPS) is 11.3. The van der Waals surface area contributed by atoms with Crippen LogP contribution < -0.4 is 15.5 Å². The van der Waals surface area contributed by atoms with Crippen LogP contribution in [-0.4, -0.2) is 48.4 Å². The Morgan fingerprint density at radius 2 is 2.05 bits per heavy atom. The summed E-state index contributed by atoms with van der Waals surface area (Å²) in [4.78, 5) is 17.8. The van der Waals surface area contributed by atoms with Gasteiger partial charge in [0, 0.05) is 40.8 Å². The van der Waals surface area contributed by atoms with Crippen molar-refractivity contribution >= 4 is 12.0 Å². The van der Waals surface area contributed by atoms with Gasteiger partial charge in [0.05, 0.1) is 11.9 Å². The molecule has 7 nitrogen and oxygen atoms in total. The molecule has 0 aliphatic heterocycles. The van der Waals surface area contributed by atoms with E-state index in [0.29, 0.717) is 19.6 Å². The van der Waals surface area contributed by atoms with Gasteiger partial charge in [-0.2, -0.15) is 0 Å². The van der Waals surface area contributed by atoms with Crippen LogP contribution in [0.1, 0.15) is 26.5 Å². The van der Waals surface area contributed by atoms with Crippen molar-refractivity contribution in [2.45, 2.75) is 32.9 Å². The van der Waals surface area contributed by atoms with E-state index in [1.54, 1.807) is 0 Å². The van der Waals surface area contributed by atoms with Crippen molar-refractivity contribution in [3.05, 3.63) is 11.9 Å². The van der Waals surface area contributed by atoms with Gasteiger partial charge < -0.3 is 24.8 Å². The number of ether oxygens (including phenoxy) is 1. The lowest BCUT2D eigenvalue weighted by Crippen LogP contribution is -2.36. The molecule has 0 unspecified atom stereocenters. The molecule has 0 saturated heterocycles. The standard InChI is InChI=1S/C14H27N5O2/c1-14(2,3)21-13(20)16-8-7-15-9-11-10-17-12(18(4)5)19(11)6/h10,15H,7-9H2,1-6H3,(H,16,20). The summed E-state index contributed by atoms with van der Waals surface area (Å²) in [6, 6.07) is 0. The fraction of sp³-hybridized carbons (Fsp3) is 0.714. The van der Waals surface area contributed by atoms with E-state index in [1.165, 1.54) is 0 Å². The van der Waals surface area contributed by atoms with E-state index in [0.717, 1.165) is 11.6 Å². The molecule has 0 spiro atoms. The number of carbonyl (C=O) groups is 1. The zero-order valence-electron chi connectivity index (χ0n) is 13.9. The van der Waals surface area contributed by atoms with Crippen LogP contribution in [0.5, 0.6) is 0 Å². The summed E-state index contributed by atoms with van der Waals surface area (Å²) < 4.78 is 7.19. The van der Waals surface area contributed by atoms with E-state index >= 15 is 0 Å². The first-order valence-corrected chi connectivity index (χ1v) is 7.06. The number of amides is 1. The number of aromatic nitrogens is 2. The highest BCUT2D eigenvalue weighted by atomic mass is 16.6. The van der Waals surface area contributed by atoms with Gasteiger partial charge in [-0.05, 0) is 20.8 Å². The summed E-state index contributed by atoms with van der Waals surface area (Å²) in [6.07, 6.45) is 1.46. The molecule has 0 atom stereocenters. The third-order valence-corrected chi connectivity index (χ3v) is 2.74. The van der Waals surface area contributed by atoms with E-state index < -0.39 is 5.60 Å². The number of nitrogens with one attached hydrogen (secondary N) is 2. The highest BCUT2D eigenvalue weighted by molar-refractivity contribution is 5.67. The topological polar surface area (TPSA) is 71.4 Å². The second-order valence-electron chi connectivity index (χ2n) is 6.11. The van der Waals surface area contributed by atoms with E-state index in [2.05, 4.69) is 15.6 Å². The van der Waals surface area contributed by atoms with E-state index in [-0.39, 0.29) is 6.09 Å². The molecule has 0 aromatic carbocycles. The molecule has 2 N–H and O–H groups in total. The third kappa shape index (κ3) is 6.03. The predicted octanol–water partition coefficient (Wildman–Crippen LogP) is 1.10. The Kier molecular flexibility index (Phi) is 6.02. The van der Waals surface area contributed by atoms with E-state index in [1.807, 2.05) is 57.6 Å². The summed E-state index contributed by atoms with van der Waals surface area (Å²) in [6.45, 7) is 7.42. The maximum Gasteiger partial charge on any atom is 0.407 e. The van der Waals surface area contributed by atoms with E-state index in [9.17, 15) is 4.79 Å². The quantitative estimate of drug-likeness (QED) is 0.769. The van der Waals surface area contributed by atoms with Crippen LogP contribution in [-0.2, 0) is 18.3 Å². The number of rotatable bonds is 6.